The number of primary amides is 1. The number of aromatic nitrogens is 3. The highest BCUT2D eigenvalue weighted by Crippen LogP contribution is 2.29. The monoisotopic (exact) mass is 704 g/mol. The van der Waals surface area contributed by atoms with Gasteiger partial charge in [-0.3, -0.25) is 19.4 Å². The molecule has 1 fully saturated rings. The number of nitrogens with one attached hydrogen (secondary N) is 3. The average Bonchev–Trinajstić information content (AvgIpc) is 3.10. The van der Waals surface area contributed by atoms with Gasteiger partial charge in [0.05, 0.1) is 21.4 Å². The lowest BCUT2D eigenvalue weighted by molar-refractivity contribution is 0.0946. The molecule has 0 saturated carbocycles. The van der Waals surface area contributed by atoms with Gasteiger partial charge in [-0.1, -0.05) is 53.9 Å². The van der Waals surface area contributed by atoms with Gasteiger partial charge in [0.1, 0.15) is 5.69 Å². The number of piperidine rings is 1. The molecule has 1 saturated heterocycles. The number of aryl methyl sites for hydroxylation is 3. The zero-order valence-electron chi connectivity index (χ0n) is 27.1. The van der Waals surface area contributed by atoms with Crippen molar-refractivity contribution in [1.29, 1.82) is 0 Å². The van der Waals surface area contributed by atoms with Crippen LogP contribution in [-0.4, -0.2) is 63.7 Å². The van der Waals surface area contributed by atoms with Gasteiger partial charge in [-0.05, 0) is 86.7 Å². The van der Waals surface area contributed by atoms with Crippen molar-refractivity contribution in [1.82, 2.24) is 25.0 Å². The molecule has 49 heavy (non-hydrogen) atoms. The van der Waals surface area contributed by atoms with Crippen LogP contribution < -0.4 is 27.2 Å². The van der Waals surface area contributed by atoms with Crippen LogP contribution in [-0.2, 0) is 19.4 Å². The Kier molecular flexibility index (Phi) is 12.0. The highest BCUT2D eigenvalue weighted by molar-refractivity contribution is 6.39. The molecule has 4 aromatic rings. The van der Waals surface area contributed by atoms with Crippen LogP contribution in [0.4, 0.5) is 16.2 Å². The Morgan fingerprint density at radius 2 is 1.63 bits per heavy atom. The summed E-state index contributed by atoms with van der Waals surface area (Å²) in [5.74, 6) is -0.887. The predicted molar refractivity (Wildman–Crippen MR) is 191 cm³/mol. The van der Waals surface area contributed by atoms with Gasteiger partial charge in [-0.15, -0.1) is 0 Å². The molecular formula is C35H38Cl2N8O4. The van der Waals surface area contributed by atoms with Crippen LogP contribution in [0.25, 0.3) is 11.1 Å². The Hall–Kier alpha value is -4.78. The Labute approximate surface area is 294 Å². The number of nitrogens with two attached hydrogens (primary N) is 1. The number of hydrogen-bond donors (Lipinski definition) is 4. The zero-order chi connectivity index (χ0) is 34.9. The van der Waals surface area contributed by atoms with Crippen molar-refractivity contribution in [2.45, 2.75) is 45.6 Å². The predicted octanol–water partition coefficient (Wildman–Crippen LogP) is 5.38. The topological polar surface area (TPSA) is 164 Å². The number of pyridine rings is 1. The smallest absolute Gasteiger partial charge is 0.323 e. The minimum atomic E-state index is -0.701. The maximum absolute atomic E-state index is 13.1. The first-order valence-electron chi connectivity index (χ1n) is 16.1. The van der Waals surface area contributed by atoms with Crippen molar-refractivity contribution in [3.63, 3.8) is 0 Å². The fraction of sp³-hybridized carbons (Fsp3) is 0.314. The minimum Gasteiger partial charge on any atom is -0.366 e. The number of halogens is 2. The van der Waals surface area contributed by atoms with Crippen molar-refractivity contribution in [3.8, 4) is 11.1 Å². The van der Waals surface area contributed by atoms with Gasteiger partial charge in [-0.2, -0.15) is 5.10 Å². The van der Waals surface area contributed by atoms with Crippen LogP contribution in [0.1, 0.15) is 58.2 Å². The molecule has 12 nitrogen and oxygen atoms in total. The number of carbonyl (C=O) groups excluding carboxylic acids is 3. The van der Waals surface area contributed by atoms with Gasteiger partial charge in [0, 0.05) is 43.2 Å². The van der Waals surface area contributed by atoms with Gasteiger partial charge >= 0.3 is 6.03 Å². The summed E-state index contributed by atoms with van der Waals surface area (Å²) in [4.78, 5) is 57.3. The van der Waals surface area contributed by atoms with Crippen LogP contribution in [0.5, 0.6) is 0 Å². The fourth-order valence-corrected chi connectivity index (χ4v) is 6.14. The van der Waals surface area contributed by atoms with E-state index in [2.05, 4.69) is 30.9 Å². The van der Waals surface area contributed by atoms with Gasteiger partial charge in [0.15, 0.2) is 0 Å². The molecule has 1 aliphatic heterocycles. The average molecular weight is 706 g/mol. The highest BCUT2D eigenvalue weighted by atomic mass is 35.5. The van der Waals surface area contributed by atoms with E-state index in [1.54, 1.807) is 25.1 Å². The van der Waals surface area contributed by atoms with E-state index in [-0.39, 0.29) is 32.9 Å². The molecule has 2 aromatic heterocycles. The van der Waals surface area contributed by atoms with E-state index >= 15 is 0 Å². The van der Waals surface area contributed by atoms with Gasteiger partial charge in [-0.25, -0.2) is 9.48 Å². The largest absolute Gasteiger partial charge is 0.366 e. The molecule has 14 heteroatoms. The molecule has 0 atom stereocenters. The van der Waals surface area contributed by atoms with Gasteiger partial charge in [0.25, 0.3) is 11.5 Å². The summed E-state index contributed by atoms with van der Waals surface area (Å²) in [7, 11) is 0. The molecule has 1 aliphatic rings. The summed E-state index contributed by atoms with van der Waals surface area (Å²) in [6.07, 6.45) is 7.29. The third-order valence-electron chi connectivity index (χ3n) is 8.24. The zero-order valence-corrected chi connectivity index (χ0v) is 28.6. The fourth-order valence-electron chi connectivity index (χ4n) is 5.68. The molecule has 0 bridgehead atoms. The normalized spacial score (nSPS) is 13.1. The lowest BCUT2D eigenvalue weighted by atomic mass is 9.96. The van der Waals surface area contributed by atoms with E-state index in [1.807, 2.05) is 24.3 Å². The number of likely N-dealkylation sites (tertiary alicyclic amines) is 1. The van der Waals surface area contributed by atoms with E-state index in [4.69, 9.17) is 28.9 Å². The Morgan fingerprint density at radius 1 is 0.898 bits per heavy atom. The number of benzene rings is 2. The van der Waals surface area contributed by atoms with Gasteiger partial charge in [0.2, 0.25) is 5.91 Å². The number of rotatable bonds is 12. The summed E-state index contributed by atoms with van der Waals surface area (Å²) in [6, 6.07) is 13.5. The maximum Gasteiger partial charge on any atom is 0.323 e. The number of anilines is 2. The standard InChI is InChI=1S/C35H38Cl2N8O4/c1-2-45-34(48)30(41-35(49)42-31-28(36)20-39-21-29(31)37)19-27(43-45)10-9-22-7-6-8-23(15-22)24-16-25(32(38)46)18-26(17-24)33(47)40-11-14-44-12-4-3-5-13-44/h6-8,15-21H,2-5,9-14H2,1H3,(H2,38,46)(H,40,47)(H2,39,41,42,49). The quantitative estimate of drug-likeness (QED) is 0.154. The molecule has 0 radical (unpaired) electrons. The molecule has 0 aliphatic carbocycles. The van der Waals surface area contributed by atoms with Crippen LogP contribution in [0, 0.1) is 0 Å². The maximum atomic E-state index is 13.1. The van der Waals surface area contributed by atoms with Crippen LogP contribution in [0.2, 0.25) is 10.0 Å². The second-order valence-electron chi connectivity index (χ2n) is 11.7. The first kappa shape index (κ1) is 35.5. The first-order valence-corrected chi connectivity index (χ1v) is 16.9. The molecule has 4 amide bonds. The summed E-state index contributed by atoms with van der Waals surface area (Å²) in [6.45, 7) is 5.45. The highest BCUT2D eigenvalue weighted by Gasteiger charge is 2.16. The van der Waals surface area contributed by atoms with Crippen LogP contribution in [0.15, 0.2) is 65.7 Å². The first-order chi connectivity index (χ1) is 23.6. The Bertz CT molecular complexity index is 1890. The SMILES string of the molecule is CCn1nc(CCc2cccc(-c3cc(C(N)=O)cc(C(=O)NCCN4CCCCC4)c3)c2)cc(NC(=O)Nc2c(Cl)cncc2Cl)c1=O. The number of nitrogens with zero attached hydrogens (tertiary/aromatic N) is 4. The third kappa shape index (κ3) is 9.44. The van der Waals surface area contributed by atoms with Gasteiger partial charge < -0.3 is 26.6 Å². The third-order valence-corrected chi connectivity index (χ3v) is 8.81. The number of urea groups is 1. The summed E-state index contributed by atoms with van der Waals surface area (Å²) >= 11 is 12.2. The molecular weight excluding hydrogens is 667 g/mol. The van der Waals surface area contributed by atoms with Crippen molar-refractivity contribution in [2.24, 2.45) is 5.73 Å². The van der Waals surface area contributed by atoms with E-state index in [9.17, 15) is 19.2 Å². The molecule has 0 unspecified atom stereocenters. The van der Waals surface area contributed by atoms with Crippen molar-refractivity contribution < 1.29 is 14.4 Å². The second kappa shape index (κ2) is 16.6. The lowest BCUT2D eigenvalue weighted by Crippen LogP contribution is -2.37. The molecule has 0 spiro atoms. The molecule has 3 heterocycles. The van der Waals surface area contributed by atoms with Crippen molar-refractivity contribution in [3.05, 3.63) is 104 Å². The number of carbonyl (C=O) groups is 3. The Balaban J connectivity index is 1.29. The minimum absolute atomic E-state index is 0.0457. The summed E-state index contributed by atoms with van der Waals surface area (Å²) in [5.41, 5.74) is 9.04. The van der Waals surface area contributed by atoms with Crippen molar-refractivity contribution >= 4 is 52.4 Å². The molecule has 5 rings (SSSR count). The molecule has 256 valence electrons. The summed E-state index contributed by atoms with van der Waals surface area (Å²) < 4.78 is 1.28. The number of hydrogen-bond acceptors (Lipinski definition) is 7. The van der Waals surface area contributed by atoms with Crippen LogP contribution in [0.3, 0.4) is 0 Å². The number of amides is 4. The van der Waals surface area contributed by atoms with Crippen molar-refractivity contribution in [2.75, 3.05) is 36.8 Å². The van der Waals surface area contributed by atoms with E-state index < -0.39 is 17.5 Å². The second-order valence-corrected chi connectivity index (χ2v) is 12.6. The molecule has 2 aromatic carbocycles. The van der Waals surface area contributed by atoms with Crippen LogP contribution >= 0.6 is 23.2 Å². The van der Waals surface area contributed by atoms with E-state index in [0.29, 0.717) is 42.8 Å². The molecule has 5 N–H and O–H groups in total. The summed E-state index contributed by atoms with van der Waals surface area (Å²) in [5, 5.41) is 12.9. The van der Waals surface area contributed by atoms with E-state index in [0.717, 1.165) is 30.8 Å². The van der Waals surface area contributed by atoms with E-state index in [1.165, 1.54) is 42.4 Å². The lowest BCUT2D eigenvalue weighted by Gasteiger charge is -2.26. The Morgan fingerprint density at radius 3 is 2.35 bits per heavy atom.